The third-order valence-electron chi connectivity index (χ3n) is 4.47. The molecule has 0 radical (unpaired) electrons. The average Bonchev–Trinajstić information content (AvgIpc) is 3.10. The van der Waals surface area contributed by atoms with E-state index in [1.54, 1.807) is 0 Å². The highest BCUT2D eigenvalue weighted by Gasteiger charge is 2.50. The topological polar surface area (TPSA) is 71.0 Å². The molecule has 6 nitrogen and oxygen atoms in total. The highest BCUT2D eigenvalue weighted by Crippen LogP contribution is 2.43. The van der Waals surface area contributed by atoms with Crippen LogP contribution in [0, 0.1) is 5.92 Å². The van der Waals surface area contributed by atoms with Gasteiger partial charge in [0.1, 0.15) is 16.6 Å². The van der Waals surface area contributed by atoms with E-state index in [2.05, 4.69) is 0 Å². The zero-order chi connectivity index (χ0) is 22.1. The van der Waals surface area contributed by atoms with Crippen LogP contribution in [0.3, 0.4) is 0 Å². The Labute approximate surface area is 166 Å². The Morgan fingerprint density at radius 3 is 2.28 bits per heavy atom. The van der Waals surface area contributed by atoms with E-state index in [4.69, 9.17) is 26.9 Å². The number of nitrogens with one attached hydrogen (secondary N) is 1. The smallest absolute Gasteiger partial charge is 0.420 e. The maximum absolute atomic E-state index is 13.4. The van der Waals surface area contributed by atoms with Gasteiger partial charge in [0.15, 0.2) is 11.5 Å². The molecule has 1 fully saturated rings. The van der Waals surface area contributed by atoms with Crippen LogP contribution in [0.15, 0.2) is 12.1 Å². The molecule has 1 amide bonds. The van der Waals surface area contributed by atoms with Gasteiger partial charge >= 0.3 is 12.4 Å². The maximum Gasteiger partial charge on any atom is 0.420 e. The first-order valence-corrected chi connectivity index (χ1v) is 8.40. The fourth-order valence-corrected chi connectivity index (χ4v) is 3.40. The Kier molecular flexibility index (Phi) is 6.52. The van der Waals surface area contributed by atoms with Crippen molar-refractivity contribution in [2.75, 3.05) is 20.8 Å². The van der Waals surface area contributed by atoms with E-state index in [1.165, 1.54) is 5.48 Å². The number of rotatable bonds is 4. The monoisotopic (exact) mass is 446 g/mol. The number of amides is 1. The lowest BCUT2D eigenvalue weighted by atomic mass is 10.0. The summed E-state index contributed by atoms with van der Waals surface area (Å²) in [6.45, 7) is -0.754. The molecule has 29 heavy (non-hydrogen) atoms. The molecule has 1 aromatic rings. The molecule has 13 heteroatoms. The molecule has 2 unspecified atom stereocenters. The SMILES string of the molecule is COc1cc(C(=S)N2CC(C(F)(F)F)CC2C(=O)NO)cc(C(F)(F)F)c1OC. The van der Waals surface area contributed by atoms with Gasteiger partial charge in [0.25, 0.3) is 5.91 Å². The van der Waals surface area contributed by atoms with E-state index in [1.807, 2.05) is 0 Å². The molecule has 162 valence electrons. The molecular weight excluding hydrogens is 430 g/mol. The number of halogens is 6. The number of hydroxylamine groups is 1. The lowest BCUT2D eigenvalue weighted by Gasteiger charge is -2.27. The number of hydrogen-bond donors (Lipinski definition) is 2. The molecule has 2 N–H and O–H groups in total. The summed E-state index contributed by atoms with van der Waals surface area (Å²) in [6.07, 6.45) is -10.2. The Balaban J connectivity index is 2.53. The minimum atomic E-state index is -4.87. The number of benzene rings is 1. The van der Waals surface area contributed by atoms with Gasteiger partial charge in [-0.3, -0.25) is 10.0 Å². The summed E-state index contributed by atoms with van der Waals surface area (Å²) in [5.41, 5.74) is -0.273. The van der Waals surface area contributed by atoms with Gasteiger partial charge in [-0.15, -0.1) is 0 Å². The van der Waals surface area contributed by atoms with Crippen LogP contribution in [0.1, 0.15) is 17.5 Å². The maximum atomic E-state index is 13.4. The molecule has 0 aliphatic carbocycles. The number of thiocarbonyl (C=S) groups is 1. The number of hydrogen-bond acceptors (Lipinski definition) is 5. The molecule has 0 aromatic heterocycles. The van der Waals surface area contributed by atoms with Crippen LogP contribution in [-0.4, -0.2) is 54.0 Å². The van der Waals surface area contributed by atoms with Crippen molar-refractivity contribution in [2.45, 2.75) is 24.8 Å². The summed E-state index contributed by atoms with van der Waals surface area (Å²) >= 11 is 5.10. The van der Waals surface area contributed by atoms with Gasteiger partial charge in [0, 0.05) is 12.1 Å². The van der Waals surface area contributed by atoms with Crippen LogP contribution in [0.5, 0.6) is 11.5 Å². The van der Waals surface area contributed by atoms with Crippen molar-refractivity contribution < 1.29 is 45.8 Å². The predicted octanol–water partition coefficient (Wildman–Crippen LogP) is 3.16. The normalized spacial score (nSPS) is 19.8. The highest BCUT2D eigenvalue weighted by atomic mass is 32.1. The second kappa shape index (κ2) is 8.22. The van der Waals surface area contributed by atoms with Crippen LogP contribution < -0.4 is 15.0 Å². The summed E-state index contributed by atoms with van der Waals surface area (Å²) in [6, 6.07) is 0.172. The van der Waals surface area contributed by atoms with Gasteiger partial charge in [-0.1, -0.05) is 12.2 Å². The molecule has 0 bridgehead atoms. The van der Waals surface area contributed by atoms with Crippen LogP contribution >= 0.6 is 12.2 Å². The molecule has 1 saturated heterocycles. The number of likely N-dealkylation sites (tertiary alicyclic amines) is 1. The molecule has 2 atom stereocenters. The molecule has 2 rings (SSSR count). The molecule has 1 aliphatic rings. The zero-order valence-electron chi connectivity index (χ0n) is 15.0. The summed E-state index contributed by atoms with van der Waals surface area (Å²) in [5.74, 6) is -4.07. The van der Waals surface area contributed by atoms with Crippen molar-refractivity contribution in [1.82, 2.24) is 10.4 Å². The number of alkyl halides is 6. The van der Waals surface area contributed by atoms with Gasteiger partial charge in [0.2, 0.25) is 0 Å². The Bertz CT molecular complexity index is 799. The summed E-state index contributed by atoms with van der Waals surface area (Å²) in [7, 11) is 2.09. The first kappa shape index (κ1) is 23.0. The first-order valence-electron chi connectivity index (χ1n) is 8.00. The number of carbonyl (C=O) groups excluding carboxylic acids is 1. The molecule has 1 aliphatic heterocycles. The fourth-order valence-electron chi connectivity index (χ4n) is 3.08. The Hall–Kier alpha value is -2.28. The quantitative estimate of drug-likeness (QED) is 0.321. The van der Waals surface area contributed by atoms with Crippen molar-refractivity contribution in [2.24, 2.45) is 5.92 Å². The third kappa shape index (κ3) is 4.66. The van der Waals surface area contributed by atoms with Gasteiger partial charge in [-0.05, 0) is 18.6 Å². The largest absolute Gasteiger partial charge is 0.493 e. The second-order valence-corrected chi connectivity index (χ2v) is 6.57. The van der Waals surface area contributed by atoms with Crippen LogP contribution in [0.25, 0.3) is 0 Å². The average molecular weight is 446 g/mol. The Morgan fingerprint density at radius 1 is 1.21 bits per heavy atom. The lowest BCUT2D eigenvalue weighted by molar-refractivity contribution is -0.170. The molecular formula is C16H16F6N2O4S. The van der Waals surface area contributed by atoms with Crippen LogP contribution in [0.2, 0.25) is 0 Å². The van der Waals surface area contributed by atoms with Crippen molar-refractivity contribution in [3.63, 3.8) is 0 Å². The lowest BCUT2D eigenvalue weighted by Crippen LogP contribution is -2.44. The number of methoxy groups -OCH3 is 2. The van der Waals surface area contributed by atoms with Crippen LogP contribution in [0.4, 0.5) is 26.3 Å². The highest BCUT2D eigenvalue weighted by molar-refractivity contribution is 7.80. The minimum Gasteiger partial charge on any atom is -0.493 e. The Morgan fingerprint density at radius 2 is 1.83 bits per heavy atom. The summed E-state index contributed by atoms with van der Waals surface area (Å²) < 4.78 is 89.3. The van der Waals surface area contributed by atoms with Crippen molar-refractivity contribution in [1.29, 1.82) is 0 Å². The molecule has 0 spiro atoms. The fraction of sp³-hybridized carbons (Fsp3) is 0.500. The van der Waals surface area contributed by atoms with Crippen molar-refractivity contribution >= 4 is 23.1 Å². The first-order chi connectivity index (χ1) is 13.3. The van der Waals surface area contributed by atoms with E-state index >= 15 is 0 Å². The van der Waals surface area contributed by atoms with Crippen LogP contribution in [-0.2, 0) is 11.0 Å². The molecule has 0 saturated carbocycles. The van der Waals surface area contributed by atoms with Crippen molar-refractivity contribution in [3.8, 4) is 11.5 Å². The van der Waals surface area contributed by atoms with Gasteiger partial charge in [-0.25, -0.2) is 5.48 Å². The number of nitrogens with zero attached hydrogens (tertiary/aromatic N) is 1. The van der Waals surface area contributed by atoms with E-state index in [0.29, 0.717) is 6.07 Å². The predicted molar refractivity (Wildman–Crippen MR) is 90.8 cm³/mol. The standard InChI is InChI=1S/C16H16F6N2O4S/c1-27-11-4-7(3-9(12(11)28-2)16(20,21)22)14(29)24-6-8(15(17,18)19)5-10(24)13(25)23-26/h3-4,8,10,26H,5-6H2,1-2H3,(H,23,25). The van der Waals surface area contributed by atoms with E-state index in [0.717, 1.165) is 25.2 Å². The third-order valence-corrected chi connectivity index (χ3v) is 4.94. The van der Waals surface area contributed by atoms with Gasteiger partial charge in [0.05, 0.1) is 20.1 Å². The van der Waals surface area contributed by atoms with E-state index < -0.39 is 59.5 Å². The molecule has 1 heterocycles. The molecule has 1 aromatic carbocycles. The summed E-state index contributed by atoms with van der Waals surface area (Å²) in [4.78, 5) is 12.2. The minimum absolute atomic E-state index is 0.288. The van der Waals surface area contributed by atoms with Gasteiger partial charge in [-0.2, -0.15) is 26.3 Å². The number of carbonyl (C=O) groups is 1. The summed E-state index contributed by atoms with van der Waals surface area (Å²) in [5, 5.41) is 8.82. The van der Waals surface area contributed by atoms with E-state index in [-0.39, 0.29) is 11.3 Å². The van der Waals surface area contributed by atoms with E-state index in [9.17, 15) is 31.1 Å². The van der Waals surface area contributed by atoms with Crippen molar-refractivity contribution in [3.05, 3.63) is 23.3 Å². The number of ether oxygens (including phenoxy) is 2. The van der Waals surface area contributed by atoms with Gasteiger partial charge < -0.3 is 14.4 Å². The zero-order valence-corrected chi connectivity index (χ0v) is 15.8. The second-order valence-electron chi connectivity index (χ2n) is 6.18.